The van der Waals surface area contributed by atoms with Crippen LogP contribution >= 0.6 is 0 Å². The number of morpholine rings is 1. The summed E-state index contributed by atoms with van der Waals surface area (Å²) >= 11 is 0. The second-order valence-corrected chi connectivity index (χ2v) is 9.53. The normalized spacial score (nSPS) is 24.5. The van der Waals surface area contributed by atoms with Crippen LogP contribution in [0.3, 0.4) is 0 Å². The molecule has 1 saturated carbocycles. The maximum absolute atomic E-state index is 12.6. The summed E-state index contributed by atoms with van der Waals surface area (Å²) in [5, 5.41) is 3.16. The molecule has 27 heavy (non-hydrogen) atoms. The molecule has 2 unspecified atom stereocenters. The van der Waals surface area contributed by atoms with Gasteiger partial charge >= 0.3 is 0 Å². The molecule has 1 N–H and O–H groups in total. The van der Waals surface area contributed by atoms with E-state index in [-0.39, 0.29) is 5.91 Å². The Hall–Kier alpha value is -1.44. The highest BCUT2D eigenvalue weighted by atomic mass is 32.2. The molecule has 1 heterocycles. The molecule has 0 radical (unpaired) electrons. The Morgan fingerprint density at radius 2 is 1.81 bits per heavy atom. The van der Waals surface area contributed by atoms with E-state index in [0.717, 1.165) is 12.0 Å². The van der Waals surface area contributed by atoms with Crippen molar-refractivity contribution < 1.29 is 17.9 Å². The van der Waals surface area contributed by atoms with Crippen molar-refractivity contribution in [1.29, 1.82) is 0 Å². The molecule has 2 fully saturated rings. The molecule has 7 heteroatoms. The molecular weight excluding hydrogens is 364 g/mol. The summed E-state index contributed by atoms with van der Waals surface area (Å²) in [6.07, 6.45) is 5.75. The molecule has 1 aromatic rings. The first-order valence-electron chi connectivity index (χ1n) is 9.93. The molecule has 0 spiro atoms. The number of benzene rings is 1. The number of nitrogens with zero attached hydrogens (tertiary/aromatic N) is 1. The lowest BCUT2D eigenvalue weighted by Crippen LogP contribution is -2.41. The fraction of sp³-hybridized carbons (Fsp3) is 0.650. The van der Waals surface area contributed by atoms with E-state index < -0.39 is 10.0 Å². The van der Waals surface area contributed by atoms with Gasteiger partial charge in [0.1, 0.15) is 0 Å². The Bertz CT molecular complexity index is 727. The van der Waals surface area contributed by atoms with Crippen molar-refractivity contribution in [2.45, 2.75) is 56.4 Å². The van der Waals surface area contributed by atoms with Gasteiger partial charge in [-0.25, -0.2) is 8.42 Å². The van der Waals surface area contributed by atoms with Crippen LogP contribution in [0.4, 0.5) is 0 Å². The predicted molar refractivity (Wildman–Crippen MR) is 104 cm³/mol. The highest BCUT2D eigenvalue weighted by molar-refractivity contribution is 7.89. The van der Waals surface area contributed by atoms with Gasteiger partial charge in [0.2, 0.25) is 15.9 Å². The third-order valence-electron chi connectivity index (χ3n) is 5.63. The maximum Gasteiger partial charge on any atom is 0.243 e. The van der Waals surface area contributed by atoms with Gasteiger partial charge in [0, 0.05) is 25.6 Å². The summed E-state index contributed by atoms with van der Waals surface area (Å²) in [4.78, 5) is 12.5. The van der Waals surface area contributed by atoms with Crippen molar-refractivity contribution in [3.8, 4) is 0 Å². The zero-order chi connectivity index (χ0) is 19.3. The van der Waals surface area contributed by atoms with E-state index >= 15 is 0 Å². The lowest BCUT2D eigenvalue weighted by Gasteiger charge is -2.29. The van der Waals surface area contributed by atoms with Crippen LogP contribution in [0.2, 0.25) is 0 Å². The second kappa shape index (κ2) is 9.17. The Balaban J connectivity index is 1.52. The molecule has 150 valence electrons. The zero-order valence-corrected chi connectivity index (χ0v) is 16.8. The average molecular weight is 395 g/mol. The fourth-order valence-electron chi connectivity index (χ4n) is 3.83. The van der Waals surface area contributed by atoms with Gasteiger partial charge in [0.05, 0.1) is 18.1 Å². The number of rotatable bonds is 6. The maximum atomic E-state index is 12.6. The molecule has 0 aromatic heterocycles. The Morgan fingerprint density at radius 1 is 1.15 bits per heavy atom. The van der Waals surface area contributed by atoms with E-state index in [0.29, 0.717) is 56.0 Å². The van der Waals surface area contributed by atoms with Gasteiger partial charge in [0.15, 0.2) is 0 Å². The minimum atomic E-state index is -3.46. The van der Waals surface area contributed by atoms with E-state index in [1.54, 1.807) is 12.1 Å². The van der Waals surface area contributed by atoms with Crippen LogP contribution in [0.25, 0.3) is 0 Å². The van der Waals surface area contributed by atoms with Crippen molar-refractivity contribution in [2.75, 3.05) is 26.3 Å². The van der Waals surface area contributed by atoms with Gasteiger partial charge in [-0.2, -0.15) is 4.31 Å². The highest BCUT2D eigenvalue weighted by Gasteiger charge is 2.26. The number of sulfonamides is 1. The highest BCUT2D eigenvalue weighted by Crippen LogP contribution is 2.24. The lowest BCUT2D eigenvalue weighted by atomic mass is 9.86. The topological polar surface area (TPSA) is 75.7 Å². The SMILES string of the molecule is CC1CCCCC1NC(=O)CCc1ccc(S(=O)(=O)N2CCOCC2)cc1. The smallest absolute Gasteiger partial charge is 0.243 e. The van der Waals surface area contributed by atoms with Crippen LogP contribution < -0.4 is 5.32 Å². The Morgan fingerprint density at radius 3 is 2.48 bits per heavy atom. The molecule has 1 aromatic carbocycles. The Labute approximate surface area is 162 Å². The number of carbonyl (C=O) groups excluding carboxylic acids is 1. The molecule has 2 aliphatic rings. The molecule has 1 aliphatic carbocycles. The van der Waals surface area contributed by atoms with E-state index in [2.05, 4.69) is 12.2 Å². The molecule has 1 saturated heterocycles. The summed E-state index contributed by atoms with van der Waals surface area (Å²) in [5.41, 5.74) is 0.975. The van der Waals surface area contributed by atoms with E-state index in [1.165, 1.54) is 23.6 Å². The predicted octanol–water partition coefficient (Wildman–Crippen LogP) is 2.33. The van der Waals surface area contributed by atoms with Gasteiger partial charge in [-0.15, -0.1) is 0 Å². The minimum Gasteiger partial charge on any atom is -0.379 e. The summed E-state index contributed by atoms with van der Waals surface area (Å²) < 4.78 is 31.9. The summed E-state index contributed by atoms with van der Waals surface area (Å²) in [7, 11) is -3.46. The van der Waals surface area contributed by atoms with Crippen LogP contribution in [0.5, 0.6) is 0 Å². The van der Waals surface area contributed by atoms with Crippen molar-refractivity contribution in [1.82, 2.24) is 9.62 Å². The van der Waals surface area contributed by atoms with E-state index in [4.69, 9.17) is 4.74 Å². The quantitative estimate of drug-likeness (QED) is 0.804. The number of hydrogen-bond donors (Lipinski definition) is 1. The van der Waals surface area contributed by atoms with Crippen molar-refractivity contribution >= 4 is 15.9 Å². The van der Waals surface area contributed by atoms with Crippen molar-refractivity contribution in [2.24, 2.45) is 5.92 Å². The van der Waals surface area contributed by atoms with Crippen LogP contribution in [-0.2, 0) is 26.0 Å². The van der Waals surface area contributed by atoms with Crippen LogP contribution in [0, 0.1) is 5.92 Å². The van der Waals surface area contributed by atoms with Gasteiger partial charge in [-0.3, -0.25) is 4.79 Å². The Kier molecular flexibility index (Phi) is 6.89. The first-order valence-corrected chi connectivity index (χ1v) is 11.4. The standard InChI is InChI=1S/C20H30N2O4S/c1-16-4-2-3-5-19(16)21-20(23)11-8-17-6-9-18(10-7-17)27(24,25)22-12-14-26-15-13-22/h6-7,9-10,16,19H,2-5,8,11-15H2,1H3,(H,21,23). The monoisotopic (exact) mass is 394 g/mol. The van der Waals surface area contributed by atoms with Crippen molar-refractivity contribution in [3.63, 3.8) is 0 Å². The van der Waals surface area contributed by atoms with Gasteiger partial charge in [-0.05, 0) is 42.9 Å². The summed E-state index contributed by atoms with van der Waals surface area (Å²) in [5.74, 6) is 0.631. The molecule has 2 atom stereocenters. The molecule has 3 rings (SSSR count). The molecule has 1 aliphatic heterocycles. The average Bonchev–Trinajstić information content (AvgIpc) is 2.69. The van der Waals surface area contributed by atoms with E-state index in [9.17, 15) is 13.2 Å². The number of nitrogens with one attached hydrogen (secondary N) is 1. The minimum absolute atomic E-state index is 0.0822. The number of amides is 1. The summed E-state index contributed by atoms with van der Waals surface area (Å²) in [6.45, 7) is 3.86. The number of aryl methyl sites for hydroxylation is 1. The zero-order valence-electron chi connectivity index (χ0n) is 16.0. The van der Waals surface area contributed by atoms with Gasteiger partial charge in [0.25, 0.3) is 0 Å². The van der Waals surface area contributed by atoms with Crippen LogP contribution in [0.1, 0.15) is 44.6 Å². The number of carbonyl (C=O) groups is 1. The summed E-state index contributed by atoms with van der Waals surface area (Å²) in [6, 6.07) is 7.20. The first kappa shape index (κ1) is 20.3. The van der Waals surface area contributed by atoms with Gasteiger partial charge in [-0.1, -0.05) is 31.9 Å². The number of ether oxygens (including phenoxy) is 1. The fourth-order valence-corrected chi connectivity index (χ4v) is 5.24. The van der Waals surface area contributed by atoms with Gasteiger partial charge < -0.3 is 10.1 Å². The molecule has 1 amide bonds. The lowest BCUT2D eigenvalue weighted by molar-refractivity contribution is -0.122. The van der Waals surface area contributed by atoms with Crippen LogP contribution in [0.15, 0.2) is 29.2 Å². The second-order valence-electron chi connectivity index (χ2n) is 7.60. The van der Waals surface area contributed by atoms with Crippen molar-refractivity contribution in [3.05, 3.63) is 29.8 Å². The molecule has 6 nitrogen and oxygen atoms in total. The number of hydrogen-bond acceptors (Lipinski definition) is 4. The van der Waals surface area contributed by atoms with Crippen LogP contribution in [-0.4, -0.2) is 51.0 Å². The largest absolute Gasteiger partial charge is 0.379 e. The molecule has 0 bridgehead atoms. The first-order chi connectivity index (χ1) is 13.0. The third kappa shape index (κ3) is 5.30. The van der Waals surface area contributed by atoms with E-state index in [1.807, 2.05) is 12.1 Å². The third-order valence-corrected chi connectivity index (χ3v) is 7.54. The molecular formula is C20H30N2O4S.